The SMILES string of the molecule is CC(=O)c1ccccc1NC(=O)COc1ccccc1C(=O)Nc1ccccc1. The second kappa shape index (κ2) is 9.32. The van der Waals surface area contributed by atoms with Gasteiger partial charge in [0.25, 0.3) is 11.8 Å². The zero-order valence-corrected chi connectivity index (χ0v) is 15.8. The van der Waals surface area contributed by atoms with Crippen molar-refractivity contribution in [3.05, 3.63) is 90.0 Å². The minimum atomic E-state index is -0.433. The first-order valence-corrected chi connectivity index (χ1v) is 9.02. The molecule has 0 heterocycles. The van der Waals surface area contributed by atoms with E-state index in [1.54, 1.807) is 60.7 Å². The molecule has 0 aliphatic heterocycles. The molecule has 6 heteroatoms. The third kappa shape index (κ3) is 5.29. The fourth-order valence-electron chi connectivity index (χ4n) is 2.73. The molecular formula is C23H20N2O4. The molecule has 29 heavy (non-hydrogen) atoms. The lowest BCUT2D eigenvalue weighted by molar-refractivity contribution is -0.118. The number of amides is 2. The summed E-state index contributed by atoms with van der Waals surface area (Å²) in [5, 5.41) is 5.45. The number of hydrogen-bond acceptors (Lipinski definition) is 4. The molecule has 0 aliphatic carbocycles. The van der Waals surface area contributed by atoms with Gasteiger partial charge < -0.3 is 15.4 Å². The molecule has 0 spiro atoms. The number of ether oxygens (including phenoxy) is 1. The average molecular weight is 388 g/mol. The molecular weight excluding hydrogens is 368 g/mol. The van der Waals surface area contributed by atoms with Gasteiger partial charge in [-0.25, -0.2) is 0 Å². The number of hydrogen-bond donors (Lipinski definition) is 2. The Morgan fingerprint density at radius 1 is 0.759 bits per heavy atom. The Kier molecular flexibility index (Phi) is 6.37. The van der Waals surface area contributed by atoms with Crippen LogP contribution in [0.15, 0.2) is 78.9 Å². The lowest BCUT2D eigenvalue weighted by Gasteiger charge is -2.13. The highest BCUT2D eigenvalue weighted by molar-refractivity contribution is 6.06. The highest BCUT2D eigenvalue weighted by Crippen LogP contribution is 2.20. The Balaban J connectivity index is 1.66. The molecule has 3 aromatic rings. The summed E-state index contributed by atoms with van der Waals surface area (Å²) < 4.78 is 5.57. The van der Waals surface area contributed by atoms with Gasteiger partial charge in [0.1, 0.15) is 5.75 Å². The van der Waals surface area contributed by atoms with Crippen molar-refractivity contribution in [2.75, 3.05) is 17.2 Å². The molecule has 0 fully saturated rings. The Morgan fingerprint density at radius 3 is 2.10 bits per heavy atom. The topological polar surface area (TPSA) is 84.5 Å². The largest absolute Gasteiger partial charge is 0.483 e. The molecule has 3 aromatic carbocycles. The fourth-order valence-corrected chi connectivity index (χ4v) is 2.73. The van der Waals surface area contributed by atoms with Crippen molar-refractivity contribution in [1.82, 2.24) is 0 Å². The molecule has 0 aromatic heterocycles. The lowest BCUT2D eigenvalue weighted by atomic mass is 10.1. The van der Waals surface area contributed by atoms with Gasteiger partial charge in [-0.05, 0) is 43.3 Å². The third-order valence-corrected chi connectivity index (χ3v) is 4.10. The molecule has 0 unspecified atom stereocenters. The van der Waals surface area contributed by atoms with Crippen LogP contribution in [-0.4, -0.2) is 24.2 Å². The van der Waals surface area contributed by atoms with Crippen LogP contribution in [0.25, 0.3) is 0 Å². The summed E-state index contributed by atoms with van der Waals surface area (Å²) in [5.41, 5.74) is 1.81. The van der Waals surface area contributed by atoms with Crippen molar-refractivity contribution in [1.29, 1.82) is 0 Å². The number of para-hydroxylation sites is 3. The van der Waals surface area contributed by atoms with E-state index in [1.165, 1.54) is 6.92 Å². The summed E-state index contributed by atoms with van der Waals surface area (Å²) in [6.07, 6.45) is 0. The summed E-state index contributed by atoms with van der Waals surface area (Å²) >= 11 is 0. The van der Waals surface area contributed by atoms with Gasteiger partial charge >= 0.3 is 0 Å². The molecule has 0 atom stereocenters. The van der Waals surface area contributed by atoms with Crippen molar-refractivity contribution >= 4 is 29.0 Å². The van der Waals surface area contributed by atoms with Crippen LogP contribution < -0.4 is 15.4 Å². The molecule has 2 amide bonds. The van der Waals surface area contributed by atoms with Gasteiger partial charge in [-0.1, -0.05) is 42.5 Å². The number of nitrogens with one attached hydrogen (secondary N) is 2. The van der Waals surface area contributed by atoms with Crippen molar-refractivity contribution in [2.45, 2.75) is 6.92 Å². The molecule has 0 radical (unpaired) electrons. The highest BCUT2D eigenvalue weighted by atomic mass is 16.5. The zero-order chi connectivity index (χ0) is 20.6. The molecule has 0 saturated heterocycles. The normalized spacial score (nSPS) is 10.1. The summed E-state index contributed by atoms with van der Waals surface area (Å²) in [7, 11) is 0. The maximum absolute atomic E-state index is 12.6. The molecule has 0 aliphatic rings. The van der Waals surface area contributed by atoms with Crippen LogP contribution in [0, 0.1) is 0 Å². The first-order chi connectivity index (χ1) is 14.0. The standard InChI is InChI=1S/C23H20N2O4/c1-16(26)18-11-5-7-13-20(18)25-22(27)15-29-21-14-8-6-12-19(21)23(28)24-17-9-3-2-4-10-17/h2-14H,15H2,1H3,(H,24,28)(H,25,27). The Morgan fingerprint density at radius 2 is 1.38 bits per heavy atom. The van der Waals surface area contributed by atoms with Gasteiger partial charge in [0.15, 0.2) is 12.4 Å². The van der Waals surface area contributed by atoms with E-state index in [0.29, 0.717) is 22.5 Å². The van der Waals surface area contributed by atoms with Crippen LogP contribution in [0.5, 0.6) is 5.75 Å². The van der Waals surface area contributed by atoms with Gasteiger partial charge in [-0.15, -0.1) is 0 Å². The van der Waals surface area contributed by atoms with E-state index in [2.05, 4.69) is 10.6 Å². The second-order valence-electron chi connectivity index (χ2n) is 6.25. The Bertz CT molecular complexity index is 1030. The van der Waals surface area contributed by atoms with Crippen LogP contribution >= 0.6 is 0 Å². The van der Waals surface area contributed by atoms with Crippen LogP contribution in [0.1, 0.15) is 27.6 Å². The first kappa shape index (κ1) is 19.8. The predicted octanol–water partition coefficient (Wildman–Crippen LogP) is 4.16. The molecule has 146 valence electrons. The number of benzene rings is 3. The van der Waals surface area contributed by atoms with Crippen LogP contribution in [0.2, 0.25) is 0 Å². The number of Topliss-reactive ketones (excluding diaryl/α,β-unsaturated/α-hetero) is 1. The third-order valence-electron chi connectivity index (χ3n) is 4.10. The van der Waals surface area contributed by atoms with Crippen molar-refractivity contribution in [3.63, 3.8) is 0 Å². The maximum atomic E-state index is 12.6. The first-order valence-electron chi connectivity index (χ1n) is 9.02. The smallest absolute Gasteiger partial charge is 0.262 e. The molecule has 2 N–H and O–H groups in total. The van der Waals surface area contributed by atoms with Gasteiger partial charge in [-0.2, -0.15) is 0 Å². The van der Waals surface area contributed by atoms with E-state index in [9.17, 15) is 14.4 Å². The number of ketones is 1. The van der Waals surface area contributed by atoms with Crippen molar-refractivity contribution < 1.29 is 19.1 Å². The Labute approximate surface area is 168 Å². The van der Waals surface area contributed by atoms with Crippen molar-refractivity contribution in [3.8, 4) is 5.75 Å². The number of rotatable bonds is 7. The summed E-state index contributed by atoms with van der Waals surface area (Å²) in [4.78, 5) is 36.5. The van der Waals surface area contributed by atoms with Gasteiger partial charge in [-0.3, -0.25) is 14.4 Å². The van der Waals surface area contributed by atoms with Crippen LogP contribution in [-0.2, 0) is 4.79 Å². The van der Waals surface area contributed by atoms with Gasteiger partial charge in [0.05, 0.1) is 11.3 Å². The number of anilines is 2. The van der Waals surface area contributed by atoms with E-state index in [4.69, 9.17) is 4.74 Å². The summed E-state index contributed by atoms with van der Waals surface area (Å²) in [5.74, 6) is -0.633. The minimum Gasteiger partial charge on any atom is -0.483 e. The zero-order valence-electron chi connectivity index (χ0n) is 15.8. The maximum Gasteiger partial charge on any atom is 0.262 e. The van der Waals surface area contributed by atoms with Crippen LogP contribution in [0.3, 0.4) is 0 Å². The Hall–Kier alpha value is -3.93. The second-order valence-corrected chi connectivity index (χ2v) is 6.25. The molecule has 3 rings (SSSR count). The quantitative estimate of drug-likeness (QED) is 0.595. The monoisotopic (exact) mass is 388 g/mol. The van der Waals surface area contributed by atoms with Crippen molar-refractivity contribution in [2.24, 2.45) is 0 Å². The number of carbonyl (C=O) groups is 3. The average Bonchev–Trinajstić information content (AvgIpc) is 2.73. The number of carbonyl (C=O) groups excluding carboxylic acids is 3. The van der Waals surface area contributed by atoms with E-state index >= 15 is 0 Å². The molecule has 0 saturated carbocycles. The minimum absolute atomic E-state index is 0.148. The predicted molar refractivity (Wildman–Crippen MR) is 111 cm³/mol. The summed E-state index contributed by atoms with van der Waals surface area (Å²) in [6, 6.07) is 22.5. The molecule has 6 nitrogen and oxygen atoms in total. The van der Waals surface area contributed by atoms with E-state index < -0.39 is 5.91 Å². The lowest BCUT2D eigenvalue weighted by Crippen LogP contribution is -2.22. The van der Waals surface area contributed by atoms with E-state index in [1.807, 2.05) is 18.2 Å². The fraction of sp³-hybridized carbons (Fsp3) is 0.0870. The van der Waals surface area contributed by atoms with E-state index in [0.717, 1.165) is 0 Å². The van der Waals surface area contributed by atoms with Crippen LogP contribution in [0.4, 0.5) is 11.4 Å². The molecule has 0 bridgehead atoms. The van der Waals surface area contributed by atoms with E-state index in [-0.39, 0.29) is 24.0 Å². The van der Waals surface area contributed by atoms with Gasteiger partial charge in [0, 0.05) is 11.3 Å². The summed E-state index contributed by atoms with van der Waals surface area (Å²) in [6.45, 7) is 1.13. The van der Waals surface area contributed by atoms with Gasteiger partial charge in [0.2, 0.25) is 0 Å². The highest BCUT2D eigenvalue weighted by Gasteiger charge is 2.15.